The van der Waals surface area contributed by atoms with Crippen LogP contribution >= 0.6 is 0 Å². The van der Waals surface area contributed by atoms with Gasteiger partial charge in [-0.25, -0.2) is 4.90 Å². The Hall–Kier alpha value is -3.86. The Labute approximate surface area is 194 Å². The molecule has 2 aliphatic rings. The van der Waals surface area contributed by atoms with Gasteiger partial charge in [-0.2, -0.15) is 0 Å². The van der Waals surface area contributed by atoms with Crippen molar-refractivity contribution >= 4 is 35.0 Å². The molecule has 0 radical (unpaired) electrons. The van der Waals surface area contributed by atoms with E-state index < -0.39 is 0 Å². The fraction of sp³-hybridized carbons (Fsp3) is 0.214. The van der Waals surface area contributed by atoms with Gasteiger partial charge >= 0.3 is 0 Å². The highest BCUT2D eigenvalue weighted by Gasteiger charge is 2.35. The van der Waals surface area contributed by atoms with E-state index in [1.165, 1.54) is 16.0 Å². The number of benzene rings is 3. The van der Waals surface area contributed by atoms with Gasteiger partial charge in [0.05, 0.1) is 12.1 Å². The summed E-state index contributed by atoms with van der Waals surface area (Å²) in [6, 6.07) is 24.2. The van der Waals surface area contributed by atoms with Gasteiger partial charge in [-0.1, -0.05) is 42.5 Å². The zero-order valence-corrected chi connectivity index (χ0v) is 19.0. The first-order valence-corrected chi connectivity index (χ1v) is 11.3. The molecule has 1 fully saturated rings. The summed E-state index contributed by atoms with van der Waals surface area (Å²) in [7, 11) is 3.92. The van der Waals surface area contributed by atoms with Crippen LogP contribution in [0.25, 0.3) is 6.08 Å². The zero-order valence-electron chi connectivity index (χ0n) is 19.0. The van der Waals surface area contributed by atoms with Crippen LogP contribution in [0.2, 0.25) is 0 Å². The molecule has 0 bridgehead atoms. The molecule has 3 aromatic carbocycles. The molecule has 3 aromatic rings. The topological polar surface area (TPSA) is 43.9 Å². The number of fused-ring (bicyclic) bond motifs is 1. The van der Waals surface area contributed by atoms with Crippen molar-refractivity contribution in [3.63, 3.8) is 0 Å². The van der Waals surface area contributed by atoms with E-state index in [-0.39, 0.29) is 18.2 Å². The molecule has 2 aliphatic heterocycles. The van der Waals surface area contributed by atoms with Crippen molar-refractivity contribution in [2.45, 2.75) is 19.4 Å². The van der Waals surface area contributed by atoms with Crippen LogP contribution in [0.15, 0.2) is 78.4 Å². The molecule has 1 saturated heterocycles. The van der Waals surface area contributed by atoms with Crippen LogP contribution in [0.1, 0.15) is 23.1 Å². The standard InChI is InChI=1S/C28H27N3O2/c1-29(2)24-11-13-25(14-12-24)31-27(32)18-23(28(31)33)17-21-8-5-6-10-26(21)30-16-15-20-7-3-4-9-22(20)19-30/h3-14,17H,15-16,18-19H2,1-2H3/b23-17+. The summed E-state index contributed by atoms with van der Waals surface area (Å²) in [5, 5.41) is 0. The van der Waals surface area contributed by atoms with E-state index in [2.05, 4.69) is 35.2 Å². The van der Waals surface area contributed by atoms with Gasteiger partial charge in [0.15, 0.2) is 0 Å². The fourth-order valence-electron chi connectivity index (χ4n) is 4.63. The first-order valence-electron chi connectivity index (χ1n) is 11.3. The number of hydrogen-bond acceptors (Lipinski definition) is 4. The van der Waals surface area contributed by atoms with Crippen molar-refractivity contribution in [2.24, 2.45) is 0 Å². The van der Waals surface area contributed by atoms with Crippen LogP contribution in [0.4, 0.5) is 17.1 Å². The SMILES string of the molecule is CN(C)c1ccc(N2C(=O)C/C(=C\c3ccccc3N3CCc4ccccc4C3)C2=O)cc1. The third-order valence-electron chi connectivity index (χ3n) is 6.43. The quantitative estimate of drug-likeness (QED) is 0.440. The molecule has 33 heavy (non-hydrogen) atoms. The van der Waals surface area contributed by atoms with Gasteiger partial charge in [-0.15, -0.1) is 0 Å². The van der Waals surface area contributed by atoms with Gasteiger partial charge in [0, 0.05) is 44.1 Å². The Morgan fingerprint density at radius 2 is 1.55 bits per heavy atom. The van der Waals surface area contributed by atoms with Gasteiger partial charge in [-0.05, 0) is 59.5 Å². The highest BCUT2D eigenvalue weighted by molar-refractivity contribution is 6.29. The largest absolute Gasteiger partial charge is 0.378 e. The van der Waals surface area contributed by atoms with E-state index in [9.17, 15) is 9.59 Å². The van der Waals surface area contributed by atoms with Gasteiger partial charge in [0.2, 0.25) is 5.91 Å². The average Bonchev–Trinajstić information content (AvgIpc) is 3.11. The molecule has 0 atom stereocenters. The minimum Gasteiger partial charge on any atom is -0.378 e. The second-order valence-electron chi connectivity index (χ2n) is 8.79. The molecule has 5 nitrogen and oxygen atoms in total. The second-order valence-corrected chi connectivity index (χ2v) is 8.79. The van der Waals surface area contributed by atoms with Gasteiger partial charge in [0.25, 0.3) is 5.91 Å². The number of anilines is 3. The number of carbonyl (C=O) groups is 2. The number of nitrogens with zero attached hydrogens (tertiary/aromatic N) is 3. The number of carbonyl (C=O) groups excluding carboxylic acids is 2. The molecule has 5 rings (SSSR count). The number of hydrogen-bond donors (Lipinski definition) is 0. The third-order valence-corrected chi connectivity index (χ3v) is 6.43. The highest BCUT2D eigenvalue weighted by atomic mass is 16.2. The first-order chi connectivity index (χ1) is 16.0. The Kier molecular flexibility index (Phi) is 5.47. The van der Waals surface area contributed by atoms with E-state index in [4.69, 9.17) is 0 Å². The summed E-state index contributed by atoms with van der Waals surface area (Å²) >= 11 is 0. The minimum atomic E-state index is -0.239. The predicted molar refractivity (Wildman–Crippen MR) is 133 cm³/mol. The molecule has 0 saturated carbocycles. The minimum absolute atomic E-state index is 0.117. The normalized spacial score (nSPS) is 17.0. The fourth-order valence-corrected chi connectivity index (χ4v) is 4.63. The van der Waals surface area contributed by atoms with Crippen molar-refractivity contribution < 1.29 is 9.59 Å². The number of rotatable bonds is 4. The second kappa shape index (κ2) is 8.58. The third kappa shape index (κ3) is 4.02. The van der Waals surface area contributed by atoms with Crippen LogP contribution in [-0.4, -0.2) is 32.5 Å². The van der Waals surface area contributed by atoms with Crippen molar-refractivity contribution in [3.05, 3.63) is 95.1 Å². The van der Waals surface area contributed by atoms with Crippen molar-refractivity contribution in [3.8, 4) is 0 Å². The number of amides is 2. The van der Waals surface area contributed by atoms with Crippen molar-refractivity contribution in [1.82, 2.24) is 0 Å². The van der Waals surface area contributed by atoms with Gasteiger partial charge < -0.3 is 9.80 Å². The van der Waals surface area contributed by atoms with Crippen molar-refractivity contribution in [2.75, 3.05) is 35.3 Å². The van der Waals surface area contributed by atoms with Crippen LogP contribution < -0.4 is 14.7 Å². The van der Waals surface area contributed by atoms with Crippen LogP contribution in [0.3, 0.4) is 0 Å². The molecule has 0 N–H and O–H groups in total. The van der Waals surface area contributed by atoms with Crippen LogP contribution in [0.5, 0.6) is 0 Å². The first kappa shape index (κ1) is 21.0. The summed E-state index contributed by atoms with van der Waals surface area (Å²) in [6.45, 7) is 1.77. The van der Waals surface area contributed by atoms with Crippen LogP contribution in [-0.2, 0) is 22.6 Å². The Bertz CT molecular complexity index is 1240. The lowest BCUT2D eigenvalue weighted by Crippen LogP contribution is -2.30. The lowest BCUT2D eigenvalue weighted by molar-refractivity contribution is -0.120. The summed E-state index contributed by atoms with van der Waals surface area (Å²) in [5.74, 6) is -0.426. The van der Waals surface area contributed by atoms with E-state index in [1.807, 2.05) is 67.5 Å². The molecule has 0 spiro atoms. The van der Waals surface area contributed by atoms with E-state index >= 15 is 0 Å². The summed E-state index contributed by atoms with van der Waals surface area (Å²) in [4.78, 5) is 31.6. The van der Waals surface area contributed by atoms with E-state index in [0.717, 1.165) is 36.4 Å². The van der Waals surface area contributed by atoms with E-state index in [1.54, 1.807) is 0 Å². The maximum Gasteiger partial charge on any atom is 0.261 e. The van der Waals surface area contributed by atoms with Gasteiger partial charge in [-0.3, -0.25) is 9.59 Å². The Morgan fingerprint density at radius 1 is 0.848 bits per heavy atom. The Morgan fingerprint density at radius 3 is 2.30 bits per heavy atom. The average molecular weight is 438 g/mol. The molecule has 166 valence electrons. The zero-order chi connectivity index (χ0) is 22.9. The van der Waals surface area contributed by atoms with Crippen molar-refractivity contribution in [1.29, 1.82) is 0 Å². The highest BCUT2D eigenvalue weighted by Crippen LogP contribution is 2.32. The number of imide groups is 1. The smallest absolute Gasteiger partial charge is 0.261 e. The summed E-state index contributed by atoms with van der Waals surface area (Å²) in [6.07, 6.45) is 3.00. The van der Waals surface area contributed by atoms with E-state index in [0.29, 0.717) is 11.3 Å². The van der Waals surface area contributed by atoms with Crippen LogP contribution in [0, 0.1) is 0 Å². The lowest BCUT2D eigenvalue weighted by Gasteiger charge is -2.32. The maximum atomic E-state index is 13.2. The maximum absolute atomic E-state index is 13.2. The predicted octanol–water partition coefficient (Wildman–Crippen LogP) is 4.66. The molecule has 2 heterocycles. The summed E-state index contributed by atoms with van der Waals surface area (Å²) in [5.41, 5.74) is 6.96. The molecule has 5 heteroatoms. The molecular formula is C28H27N3O2. The molecule has 0 aromatic heterocycles. The number of para-hydroxylation sites is 1. The molecule has 0 unspecified atom stereocenters. The summed E-state index contributed by atoms with van der Waals surface area (Å²) < 4.78 is 0. The monoisotopic (exact) mass is 437 g/mol. The lowest BCUT2D eigenvalue weighted by atomic mass is 9.98. The Balaban J connectivity index is 1.42. The molecule has 0 aliphatic carbocycles. The van der Waals surface area contributed by atoms with Gasteiger partial charge in [0.1, 0.15) is 0 Å². The molecule has 2 amide bonds. The molecular weight excluding hydrogens is 410 g/mol.